The summed E-state index contributed by atoms with van der Waals surface area (Å²) in [7, 11) is -1.42. The van der Waals surface area contributed by atoms with Crippen LogP contribution < -0.4 is 5.46 Å². The van der Waals surface area contributed by atoms with Crippen LogP contribution in [0.4, 0.5) is 0 Å². The van der Waals surface area contributed by atoms with E-state index in [1.807, 2.05) is 30.3 Å². The van der Waals surface area contributed by atoms with Gasteiger partial charge in [0.15, 0.2) is 0 Å². The fourth-order valence-electron chi connectivity index (χ4n) is 1.57. The van der Waals surface area contributed by atoms with Crippen LogP contribution in [0, 0.1) is 0 Å². The standard InChI is InChI=1S/C12H9BBr2O2/c14-11-5-9(6-12(15)7-11)8-1-3-10(4-2-8)13(16)17/h1-7,16-17H. The van der Waals surface area contributed by atoms with Crippen LogP contribution in [-0.4, -0.2) is 17.2 Å². The Kier molecular flexibility index (Phi) is 4.04. The first kappa shape index (κ1) is 12.8. The Morgan fingerprint density at radius 1 is 0.765 bits per heavy atom. The van der Waals surface area contributed by atoms with Gasteiger partial charge in [0.25, 0.3) is 0 Å². The van der Waals surface area contributed by atoms with Crippen LogP contribution >= 0.6 is 31.9 Å². The van der Waals surface area contributed by atoms with Crippen molar-refractivity contribution in [1.29, 1.82) is 0 Å². The summed E-state index contributed by atoms with van der Waals surface area (Å²) in [6.07, 6.45) is 0. The number of hydrogen-bond acceptors (Lipinski definition) is 2. The second-order valence-electron chi connectivity index (χ2n) is 3.65. The average molecular weight is 356 g/mol. The van der Waals surface area contributed by atoms with E-state index in [1.54, 1.807) is 12.1 Å². The van der Waals surface area contributed by atoms with Gasteiger partial charge in [0.05, 0.1) is 0 Å². The molecule has 0 saturated carbocycles. The molecule has 0 heterocycles. The predicted octanol–water partition coefficient (Wildman–Crippen LogP) is 2.56. The fourth-order valence-corrected chi connectivity index (χ4v) is 2.86. The van der Waals surface area contributed by atoms with Gasteiger partial charge in [-0.05, 0) is 34.8 Å². The largest absolute Gasteiger partial charge is 0.488 e. The Labute approximate surface area is 117 Å². The lowest BCUT2D eigenvalue weighted by molar-refractivity contribution is 0.426. The molecule has 0 bridgehead atoms. The fraction of sp³-hybridized carbons (Fsp3) is 0. The van der Waals surface area contributed by atoms with E-state index < -0.39 is 7.12 Å². The highest BCUT2D eigenvalue weighted by Crippen LogP contribution is 2.27. The Bertz CT molecular complexity index is 506. The molecule has 0 aliphatic rings. The Hall–Kier alpha value is -0.615. The smallest absolute Gasteiger partial charge is 0.423 e. The number of halogens is 2. The Morgan fingerprint density at radius 3 is 1.76 bits per heavy atom. The highest BCUT2D eigenvalue weighted by atomic mass is 79.9. The molecular formula is C12H9BBr2O2. The summed E-state index contributed by atoms with van der Waals surface area (Å²) >= 11 is 6.88. The van der Waals surface area contributed by atoms with E-state index in [4.69, 9.17) is 10.0 Å². The minimum absolute atomic E-state index is 0.489. The van der Waals surface area contributed by atoms with Gasteiger partial charge in [-0.3, -0.25) is 0 Å². The first-order valence-corrected chi connectivity index (χ1v) is 6.57. The molecule has 5 heteroatoms. The van der Waals surface area contributed by atoms with E-state index in [0.29, 0.717) is 5.46 Å². The Balaban J connectivity index is 2.39. The van der Waals surface area contributed by atoms with Crippen molar-refractivity contribution in [2.75, 3.05) is 0 Å². The summed E-state index contributed by atoms with van der Waals surface area (Å²) in [4.78, 5) is 0. The minimum Gasteiger partial charge on any atom is -0.423 e. The predicted molar refractivity (Wildman–Crippen MR) is 77.1 cm³/mol. The van der Waals surface area contributed by atoms with Crippen molar-refractivity contribution < 1.29 is 10.0 Å². The van der Waals surface area contributed by atoms with E-state index >= 15 is 0 Å². The number of hydrogen-bond donors (Lipinski definition) is 2. The maximum Gasteiger partial charge on any atom is 0.488 e. The molecule has 2 nitrogen and oxygen atoms in total. The molecule has 0 atom stereocenters. The second-order valence-corrected chi connectivity index (χ2v) is 5.49. The molecule has 17 heavy (non-hydrogen) atoms. The van der Waals surface area contributed by atoms with Gasteiger partial charge in [0.2, 0.25) is 0 Å². The SMILES string of the molecule is OB(O)c1ccc(-c2cc(Br)cc(Br)c2)cc1. The van der Waals surface area contributed by atoms with Crippen molar-refractivity contribution in [3.63, 3.8) is 0 Å². The average Bonchev–Trinajstić information content (AvgIpc) is 2.28. The van der Waals surface area contributed by atoms with Gasteiger partial charge in [-0.2, -0.15) is 0 Å². The summed E-state index contributed by atoms with van der Waals surface area (Å²) in [5, 5.41) is 18.0. The zero-order chi connectivity index (χ0) is 12.4. The summed E-state index contributed by atoms with van der Waals surface area (Å²) < 4.78 is 1.99. The maximum atomic E-state index is 9.01. The number of benzene rings is 2. The molecule has 0 saturated heterocycles. The van der Waals surface area contributed by atoms with E-state index in [0.717, 1.165) is 20.1 Å². The Morgan fingerprint density at radius 2 is 1.29 bits per heavy atom. The number of rotatable bonds is 2. The quantitative estimate of drug-likeness (QED) is 0.813. The molecule has 0 radical (unpaired) electrons. The van der Waals surface area contributed by atoms with Crippen molar-refractivity contribution in [3.05, 3.63) is 51.4 Å². The lowest BCUT2D eigenvalue weighted by atomic mass is 9.80. The van der Waals surface area contributed by atoms with Crippen LogP contribution in [0.1, 0.15) is 0 Å². The minimum atomic E-state index is -1.42. The van der Waals surface area contributed by atoms with Crippen LogP contribution in [0.5, 0.6) is 0 Å². The van der Waals surface area contributed by atoms with Gasteiger partial charge in [-0.1, -0.05) is 56.1 Å². The van der Waals surface area contributed by atoms with Crippen LogP contribution in [0.15, 0.2) is 51.4 Å². The normalized spacial score (nSPS) is 10.4. The van der Waals surface area contributed by atoms with Crippen LogP contribution in [0.3, 0.4) is 0 Å². The third-order valence-corrected chi connectivity index (χ3v) is 3.32. The molecule has 86 valence electrons. The lowest BCUT2D eigenvalue weighted by Gasteiger charge is -2.05. The molecule has 0 amide bonds. The van der Waals surface area contributed by atoms with E-state index in [1.165, 1.54) is 0 Å². The highest BCUT2D eigenvalue weighted by molar-refractivity contribution is 9.11. The monoisotopic (exact) mass is 354 g/mol. The maximum absolute atomic E-state index is 9.01. The zero-order valence-corrected chi connectivity index (χ0v) is 11.9. The third kappa shape index (κ3) is 3.19. The van der Waals surface area contributed by atoms with E-state index in [9.17, 15) is 0 Å². The van der Waals surface area contributed by atoms with Gasteiger partial charge in [0, 0.05) is 8.95 Å². The van der Waals surface area contributed by atoms with E-state index in [2.05, 4.69) is 31.9 Å². The topological polar surface area (TPSA) is 40.5 Å². The van der Waals surface area contributed by atoms with Crippen molar-refractivity contribution in [2.45, 2.75) is 0 Å². The molecule has 0 fully saturated rings. The zero-order valence-electron chi connectivity index (χ0n) is 8.77. The molecule has 2 aromatic rings. The summed E-state index contributed by atoms with van der Waals surface area (Å²) in [6, 6.07) is 13.1. The van der Waals surface area contributed by atoms with Gasteiger partial charge >= 0.3 is 7.12 Å². The summed E-state index contributed by atoms with van der Waals surface area (Å²) in [5.74, 6) is 0. The van der Waals surface area contributed by atoms with Crippen molar-refractivity contribution in [2.24, 2.45) is 0 Å². The molecule has 0 spiro atoms. The molecular weight excluding hydrogens is 347 g/mol. The lowest BCUT2D eigenvalue weighted by Crippen LogP contribution is -2.29. The first-order chi connectivity index (χ1) is 8.06. The van der Waals surface area contributed by atoms with Gasteiger partial charge in [-0.15, -0.1) is 0 Å². The van der Waals surface area contributed by atoms with Crippen molar-refractivity contribution >= 4 is 44.4 Å². The molecule has 0 unspecified atom stereocenters. The second kappa shape index (κ2) is 5.35. The summed E-state index contributed by atoms with van der Waals surface area (Å²) in [6.45, 7) is 0. The van der Waals surface area contributed by atoms with Crippen molar-refractivity contribution in [1.82, 2.24) is 0 Å². The molecule has 2 rings (SSSR count). The first-order valence-electron chi connectivity index (χ1n) is 4.99. The molecule has 2 aromatic carbocycles. The molecule has 0 aliphatic carbocycles. The van der Waals surface area contributed by atoms with Crippen LogP contribution in [-0.2, 0) is 0 Å². The molecule has 0 aliphatic heterocycles. The van der Waals surface area contributed by atoms with Gasteiger partial charge < -0.3 is 10.0 Å². The van der Waals surface area contributed by atoms with Crippen LogP contribution in [0.25, 0.3) is 11.1 Å². The molecule has 2 N–H and O–H groups in total. The van der Waals surface area contributed by atoms with Gasteiger partial charge in [0.1, 0.15) is 0 Å². The summed E-state index contributed by atoms with van der Waals surface area (Å²) in [5.41, 5.74) is 2.57. The molecule has 0 aromatic heterocycles. The van der Waals surface area contributed by atoms with Gasteiger partial charge in [-0.25, -0.2) is 0 Å². The van der Waals surface area contributed by atoms with Crippen molar-refractivity contribution in [3.8, 4) is 11.1 Å². The highest BCUT2D eigenvalue weighted by Gasteiger charge is 2.10. The van der Waals surface area contributed by atoms with E-state index in [-0.39, 0.29) is 0 Å². The van der Waals surface area contributed by atoms with Crippen LogP contribution in [0.2, 0.25) is 0 Å². The third-order valence-electron chi connectivity index (χ3n) is 2.40.